The Hall–Kier alpha value is -3.22. The van der Waals surface area contributed by atoms with Gasteiger partial charge in [0.2, 0.25) is 0 Å². The maximum Gasteiger partial charge on any atom is 0.274 e. The molecule has 1 saturated heterocycles. The highest BCUT2D eigenvalue weighted by Crippen LogP contribution is 2.29. The fourth-order valence-electron chi connectivity index (χ4n) is 4.79. The van der Waals surface area contributed by atoms with Crippen LogP contribution in [-0.2, 0) is 6.54 Å². The molecule has 6 nitrogen and oxygen atoms in total. The van der Waals surface area contributed by atoms with Crippen LogP contribution in [0.5, 0.6) is 0 Å². The second-order valence-corrected chi connectivity index (χ2v) is 8.55. The van der Waals surface area contributed by atoms with Crippen LogP contribution in [0.2, 0.25) is 0 Å². The number of aromatic nitrogens is 2. The lowest BCUT2D eigenvalue weighted by Gasteiger charge is -2.37. The predicted molar refractivity (Wildman–Crippen MR) is 131 cm³/mol. The zero-order valence-electron chi connectivity index (χ0n) is 18.2. The summed E-state index contributed by atoms with van der Waals surface area (Å²) in [5, 5.41) is 12.0. The van der Waals surface area contributed by atoms with Crippen LogP contribution in [0.4, 0.5) is 5.69 Å². The standard InChI is InChI=1S/C26H29N5O/c27-21-11-10-20-17-29-31(26(32)24(20)16-21)14-4-3-13-30-15-12-28-18-25(30)23-9-5-7-19-6-1-2-8-22(19)23/h1-2,5-11,16-17,25,28H,3-4,12-15,18,27H2. The monoisotopic (exact) mass is 427 g/mol. The van der Waals surface area contributed by atoms with Crippen molar-refractivity contribution in [3.63, 3.8) is 0 Å². The summed E-state index contributed by atoms with van der Waals surface area (Å²) in [5.41, 5.74) is 7.79. The van der Waals surface area contributed by atoms with Crippen molar-refractivity contribution in [3.05, 3.63) is 82.8 Å². The Kier molecular flexibility index (Phi) is 5.88. The molecule has 0 amide bonds. The third-order valence-corrected chi connectivity index (χ3v) is 6.48. The van der Waals surface area contributed by atoms with Crippen molar-refractivity contribution in [1.82, 2.24) is 20.0 Å². The van der Waals surface area contributed by atoms with Crippen molar-refractivity contribution >= 4 is 27.2 Å². The smallest absolute Gasteiger partial charge is 0.274 e. The quantitative estimate of drug-likeness (QED) is 0.364. The van der Waals surface area contributed by atoms with Crippen LogP contribution in [0.15, 0.2) is 71.7 Å². The number of aryl methyl sites for hydroxylation is 1. The molecule has 0 saturated carbocycles. The maximum atomic E-state index is 12.8. The number of nitrogens with one attached hydrogen (secondary N) is 1. The van der Waals surface area contributed by atoms with Gasteiger partial charge in [-0.05, 0) is 47.9 Å². The molecule has 6 heteroatoms. The first-order valence-electron chi connectivity index (χ1n) is 11.4. The number of unbranched alkanes of at least 4 members (excludes halogenated alkanes) is 1. The SMILES string of the molecule is Nc1ccc2cnn(CCCCN3CCNCC3c3cccc4ccccc34)c(=O)c2c1. The highest BCUT2D eigenvalue weighted by atomic mass is 16.1. The first-order chi connectivity index (χ1) is 15.7. The van der Waals surface area contributed by atoms with Crippen molar-refractivity contribution in [3.8, 4) is 0 Å². The molecule has 5 rings (SSSR count). The average molecular weight is 428 g/mol. The minimum absolute atomic E-state index is 0.0643. The number of benzene rings is 3. The van der Waals surface area contributed by atoms with E-state index in [-0.39, 0.29) is 5.56 Å². The number of nitrogens with zero attached hydrogens (tertiary/aromatic N) is 3. The number of nitrogen functional groups attached to an aromatic ring is 1. The van der Waals surface area contributed by atoms with Gasteiger partial charge in [0, 0.05) is 43.3 Å². The topological polar surface area (TPSA) is 76.2 Å². The van der Waals surface area contributed by atoms with Gasteiger partial charge in [0.05, 0.1) is 11.6 Å². The van der Waals surface area contributed by atoms with E-state index < -0.39 is 0 Å². The molecule has 1 fully saturated rings. The molecule has 3 aromatic carbocycles. The number of nitrogens with two attached hydrogens (primary N) is 1. The minimum Gasteiger partial charge on any atom is -0.399 e. The number of piperazine rings is 1. The molecule has 0 bridgehead atoms. The van der Waals surface area contributed by atoms with Gasteiger partial charge in [-0.2, -0.15) is 5.10 Å². The number of rotatable bonds is 6. The van der Waals surface area contributed by atoms with Crippen molar-refractivity contribution < 1.29 is 0 Å². The molecule has 164 valence electrons. The zero-order valence-corrected chi connectivity index (χ0v) is 18.2. The van der Waals surface area contributed by atoms with E-state index in [9.17, 15) is 4.79 Å². The second kappa shape index (κ2) is 9.10. The third-order valence-electron chi connectivity index (χ3n) is 6.48. The van der Waals surface area contributed by atoms with Gasteiger partial charge in [0.1, 0.15) is 0 Å². The van der Waals surface area contributed by atoms with E-state index in [2.05, 4.69) is 57.8 Å². The molecule has 0 radical (unpaired) electrons. The first-order valence-corrected chi connectivity index (χ1v) is 11.4. The van der Waals surface area contributed by atoms with E-state index in [0.717, 1.165) is 44.4 Å². The molecule has 3 N–H and O–H groups in total. The Bertz CT molecular complexity index is 1290. The van der Waals surface area contributed by atoms with E-state index in [0.29, 0.717) is 23.7 Å². The van der Waals surface area contributed by atoms with Crippen LogP contribution >= 0.6 is 0 Å². The Balaban J connectivity index is 1.26. The largest absolute Gasteiger partial charge is 0.399 e. The van der Waals surface area contributed by atoms with Crippen LogP contribution in [0, 0.1) is 0 Å². The van der Waals surface area contributed by atoms with Crippen LogP contribution in [0.1, 0.15) is 24.4 Å². The van der Waals surface area contributed by atoms with E-state index in [1.807, 2.05) is 6.07 Å². The molecular formula is C26H29N5O. The number of hydrogen-bond donors (Lipinski definition) is 2. The van der Waals surface area contributed by atoms with E-state index in [4.69, 9.17) is 5.73 Å². The molecule has 0 spiro atoms. The molecule has 1 aromatic heterocycles. The van der Waals surface area contributed by atoms with Crippen LogP contribution in [0.25, 0.3) is 21.5 Å². The molecule has 4 aromatic rings. The molecule has 1 aliphatic heterocycles. The lowest BCUT2D eigenvalue weighted by Crippen LogP contribution is -2.46. The highest BCUT2D eigenvalue weighted by molar-refractivity contribution is 5.86. The molecule has 32 heavy (non-hydrogen) atoms. The number of anilines is 1. The van der Waals surface area contributed by atoms with Gasteiger partial charge in [0.15, 0.2) is 0 Å². The molecule has 1 atom stereocenters. The van der Waals surface area contributed by atoms with Crippen LogP contribution in [-0.4, -0.2) is 40.9 Å². The lowest BCUT2D eigenvalue weighted by molar-refractivity contribution is 0.159. The minimum atomic E-state index is -0.0643. The first kappa shape index (κ1) is 20.7. The average Bonchev–Trinajstić information content (AvgIpc) is 2.83. The molecule has 0 aliphatic carbocycles. The number of fused-ring (bicyclic) bond motifs is 2. The van der Waals surface area contributed by atoms with Crippen molar-refractivity contribution in [2.24, 2.45) is 0 Å². The summed E-state index contributed by atoms with van der Waals surface area (Å²) < 4.78 is 1.57. The Morgan fingerprint density at radius 2 is 1.81 bits per heavy atom. The summed E-state index contributed by atoms with van der Waals surface area (Å²) >= 11 is 0. The van der Waals surface area contributed by atoms with Crippen molar-refractivity contribution in [2.75, 3.05) is 31.9 Å². The van der Waals surface area contributed by atoms with Gasteiger partial charge < -0.3 is 11.1 Å². The Morgan fingerprint density at radius 1 is 0.969 bits per heavy atom. The number of hydrogen-bond acceptors (Lipinski definition) is 5. The second-order valence-electron chi connectivity index (χ2n) is 8.55. The normalized spacial score (nSPS) is 17.2. The summed E-state index contributed by atoms with van der Waals surface area (Å²) in [6.07, 6.45) is 3.68. The van der Waals surface area contributed by atoms with Crippen LogP contribution in [0.3, 0.4) is 0 Å². The van der Waals surface area contributed by atoms with E-state index >= 15 is 0 Å². The summed E-state index contributed by atoms with van der Waals surface area (Å²) in [6.45, 7) is 4.62. The van der Waals surface area contributed by atoms with Gasteiger partial charge in [0.25, 0.3) is 5.56 Å². The van der Waals surface area contributed by atoms with Gasteiger partial charge in [-0.3, -0.25) is 9.69 Å². The van der Waals surface area contributed by atoms with E-state index in [1.165, 1.54) is 16.3 Å². The molecular weight excluding hydrogens is 398 g/mol. The lowest BCUT2D eigenvalue weighted by atomic mass is 9.96. The van der Waals surface area contributed by atoms with Crippen molar-refractivity contribution in [1.29, 1.82) is 0 Å². The van der Waals surface area contributed by atoms with Crippen LogP contribution < -0.4 is 16.6 Å². The maximum absolute atomic E-state index is 12.8. The highest BCUT2D eigenvalue weighted by Gasteiger charge is 2.24. The summed E-state index contributed by atoms with van der Waals surface area (Å²) in [7, 11) is 0. The Labute approximate surface area is 187 Å². The fraction of sp³-hybridized carbons (Fsp3) is 0.308. The van der Waals surface area contributed by atoms with E-state index in [1.54, 1.807) is 23.0 Å². The molecule has 1 unspecified atom stereocenters. The third kappa shape index (κ3) is 4.11. The fourth-order valence-corrected chi connectivity index (χ4v) is 4.79. The van der Waals surface area contributed by atoms with Gasteiger partial charge in [-0.15, -0.1) is 0 Å². The predicted octanol–water partition coefficient (Wildman–Crippen LogP) is 3.56. The van der Waals surface area contributed by atoms with Gasteiger partial charge in [-0.25, -0.2) is 4.68 Å². The molecule has 2 heterocycles. The van der Waals surface area contributed by atoms with Crippen molar-refractivity contribution in [2.45, 2.75) is 25.4 Å². The van der Waals surface area contributed by atoms with Gasteiger partial charge in [-0.1, -0.05) is 48.5 Å². The Morgan fingerprint density at radius 3 is 2.75 bits per heavy atom. The van der Waals surface area contributed by atoms with Gasteiger partial charge >= 0.3 is 0 Å². The summed E-state index contributed by atoms with van der Waals surface area (Å²) in [5.74, 6) is 0. The summed E-state index contributed by atoms with van der Waals surface area (Å²) in [6, 6.07) is 21.0. The summed E-state index contributed by atoms with van der Waals surface area (Å²) in [4.78, 5) is 15.3. The zero-order chi connectivity index (χ0) is 21.9. The molecule has 1 aliphatic rings.